The molecule has 0 N–H and O–H groups in total. The molecule has 122 valence electrons. The maximum Gasteiger partial charge on any atom is 0.411 e. The van der Waals surface area contributed by atoms with E-state index in [0.717, 1.165) is 12.0 Å². The second kappa shape index (κ2) is 7.01. The quantitative estimate of drug-likeness (QED) is 0.854. The highest BCUT2D eigenvalue weighted by atomic mass is 16.6. The molecule has 0 saturated carbocycles. The van der Waals surface area contributed by atoms with E-state index >= 15 is 0 Å². The summed E-state index contributed by atoms with van der Waals surface area (Å²) in [6.07, 6.45) is 4.84. The van der Waals surface area contributed by atoms with E-state index in [1.165, 1.54) is 11.1 Å². The zero-order chi connectivity index (χ0) is 16.2. The van der Waals surface area contributed by atoms with Crippen LogP contribution in [0.2, 0.25) is 0 Å². The molecule has 3 rings (SSSR count). The fourth-order valence-electron chi connectivity index (χ4n) is 3.15. The lowest BCUT2D eigenvalue weighted by atomic mass is 9.90. The Morgan fingerprint density at radius 2 is 2.13 bits per heavy atom. The first-order valence-corrected chi connectivity index (χ1v) is 8.09. The predicted octanol–water partition coefficient (Wildman–Crippen LogP) is 3.69. The van der Waals surface area contributed by atoms with Crippen LogP contribution in [-0.2, 0) is 16.1 Å². The van der Waals surface area contributed by atoms with Crippen molar-refractivity contribution in [1.82, 2.24) is 4.90 Å². The molecule has 2 aliphatic rings. The third-order valence-corrected chi connectivity index (χ3v) is 4.55. The summed E-state index contributed by atoms with van der Waals surface area (Å²) in [5.74, 6) is 0. The molecule has 23 heavy (non-hydrogen) atoms. The molecule has 2 aliphatic heterocycles. The van der Waals surface area contributed by atoms with Gasteiger partial charge in [0.2, 0.25) is 0 Å². The third kappa shape index (κ3) is 3.48. The number of allylic oxidation sites excluding steroid dienone is 2. The van der Waals surface area contributed by atoms with Crippen molar-refractivity contribution < 1.29 is 14.3 Å². The van der Waals surface area contributed by atoms with Crippen LogP contribution in [0.1, 0.15) is 25.8 Å². The second-order valence-electron chi connectivity index (χ2n) is 6.07. The molecule has 2 atom stereocenters. The van der Waals surface area contributed by atoms with Crippen LogP contribution in [0.3, 0.4) is 0 Å². The van der Waals surface area contributed by atoms with E-state index in [-0.39, 0.29) is 18.2 Å². The Bertz CT molecular complexity index is 621. The average Bonchev–Trinajstić information content (AvgIpc) is 2.58. The number of hydrogen-bond donors (Lipinski definition) is 0. The van der Waals surface area contributed by atoms with Crippen LogP contribution in [0.15, 0.2) is 53.6 Å². The van der Waals surface area contributed by atoms with Gasteiger partial charge in [-0.3, -0.25) is 4.90 Å². The zero-order valence-corrected chi connectivity index (χ0v) is 13.7. The average molecular weight is 313 g/mol. The van der Waals surface area contributed by atoms with E-state index < -0.39 is 0 Å². The molecule has 4 nitrogen and oxygen atoms in total. The standard InChI is InChI=1S/C19H23NO3/c1-3-14(2)16-9-17-12-22-13-18(10-16)20(17)19(21)23-11-15-7-5-4-6-8-15/h3-9,17-18H,10-13H2,1-2H3. The van der Waals surface area contributed by atoms with Gasteiger partial charge in [0.05, 0.1) is 25.3 Å². The molecule has 1 aromatic rings. The van der Waals surface area contributed by atoms with E-state index in [0.29, 0.717) is 19.8 Å². The summed E-state index contributed by atoms with van der Waals surface area (Å²) in [5, 5.41) is 0. The van der Waals surface area contributed by atoms with Crippen molar-refractivity contribution >= 4 is 6.09 Å². The second-order valence-corrected chi connectivity index (χ2v) is 6.07. The molecule has 2 heterocycles. The van der Waals surface area contributed by atoms with Gasteiger partial charge in [0, 0.05) is 0 Å². The van der Waals surface area contributed by atoms with Gasteiger partial charge in [-0.2, -0.15) is 0 Å². The van der Waals surface area contributed by atoms with Gasteiger partial charge in [0.1, 0.15) is 6.61 Å². The van der Waals surface area contributed by atoms with Gasteiger partial charge >= 0.3 is 6.09 Å². The van der Waals surface area contributed by atoms with Crippen LogP contribution in [0.25, 0.3) is 0 Å². The Hall–Kier alpha value is -2.07. The Balaban J connectivity index is 1.70. The first kappa shape index (κ1) is 15.8. The number of hydrogen-bond acceptors (Lipinski definition) is 3. The van der Waals surface area contributed by atoms with Crippen LogP contribution >= 0.6 is 0 Å². The number of morpholine rings is 1. The van der Waals surface area contributed by atoms with E-state index in [2.05, 4.69) is 19.1 Å². The monoisotopic (exact) mass is 313 g/mol. The van der Waals surface area contributed by atoms with E-state index in [1.54, 1.807) is 0 Å². The summed E-state index contributed by atoms with van der Waals surface area (Å²) in [6, 6.07) is 9.79. The first-order valence-electron chi connectivity index (χ1n) is 8.09. The summed E-state index contributed by atoms with van der Waals surface area (Å²) in [6.45, 7) is 5.58. The van der Waals surface area contributed by atoms with Gasteiger partial charge < -0.3 is 9.47 Å². The van der Waals surface area contributed by atoms with E-state index in [4.69, 9.17) is 9.47 Å². The summed E-state index contributed by atoms with van der Waals surface area (Å²) in [4.78, 5) is 14.4. The molecule has 2 unspecified atom stereocenters. The third-order valence-electron chi connectivity index (χ3n) is 4.55. The Morgan fingerprint density at radius 1 is 1.35 bits per heavy atom. The van der Waals surface area contributed by atoms with Crippen molar-refractivity contribution in [1.29, 1.82) is 0 Å². The van der Waals surface area contributed by atoms with Crippen molar-refractivity contribution in [2.45, 2.75) is 39.0 Å². The maximum absolute atomic E-state index is 12.5. The lowest BCUT2D eigenvalue weighted by Crippen LogP contribution is -2.56. The summed E-state index contributed by atoms with van der Waals surface area (Å²) < 4.78 is 11.1. The van der Waals surface area contributed by atoms with Gasteiger partial charge in [-0.05, 0) is 31.4 Å². The fraction of sp³-hybridized carbons (Fsp3) is 0.421. The van der Waals surface area contributed by atoms with Gasteiger partial charge in [0.25, 0.3) is 0 Å². The Morgan fingerprint density at radius 3 is 2.83 bits per heavy atom. The lowest BCUT2D eigenvalue weighted by molar-refractivity contribution is -0.0368. The highest BCUT2D eigenvalue weighted by molar-refractivity contribution is 5.70. The largest absolute Gasteiger partial charge is 0.445 e. The minimum absolute atomic E-state index is 0.0318. The number of carbonyl (C=O) groups is 1. The summed E-state index contributed by atoms with van der Waals surface area (Å²) >= 11 is 0. The number of carbonyl (C=O) groups excluding carboxylic acids is 1. The van der Waals surface area contributed by atoms with Gasteiger partial charge in [0.15, 0.2) is 0 Å². The zero-order valence-electron chi connectivity index (χ0n) is 13.7. The molecule has 4 heteroatoms. The van der Waals surface area contributed by atoms with Crippen molar-refractivity contribution in [3.63, 3.8) is 0 Å². The molecule has 1 saturated heterocycles. The molecule has 1 amide bonds. The molecule has 0 aliphatic carbocycles. The smallest absolute Gasteiger partial charge is 0.411 e. The molecule has 2 bridgehead atoms. The Labute approximate surface area is 137 Å². The van der Waals surface area contributed by atoms with E-state index in [1.807, 2.05) is 42.2 Å². The number of ether oxygens (including phenoxy) is 2. The van der Waals surface area contributed by atoms with Crippen LogP contribution < -0.4 is 0 Å². The number of rotatable bonds is 3. The number of amides is 1. The van der Waals surface area contributed by atoms with Crippen molar-refractivity contribution in [2.75, 3.05) is 13.2 Å². The minimum atomic E-state index is -0.249. The van der Waals surface area contributed by atoms with Crippen molar-refractivity contribution in [3.05, 3.63) is 59.2 Å². The SMILES string of the molecule is CC=C(C)C1=CC2COCC(C1)N2C(=O)OCc1ccccc1. The van der Waals surface area contributed by atoms with Crippen molar-refractivity contribution in [3.8, 4) is 0 Å². The molecule has 1 fully saturated rings. The molecule has 0 spiro atoms. The predicted molar refractivity (Wildman–Crippen MR) is 89.0 cm³/mol. The van der Waals surface area contributed by atoms with Crippen LogP contribution in [0.4, 0.5) is 4.79 Å². The molecule has 0 aromatic heterocycles. The van der Waals surface area contributed by atoms with Crippen LogP contribution in [-0.4, -0.2) is 36.3 Å². The highest BCUT2D eigenvalue weighted by Crippen LogP contribution is 2.31. The van der Waals surface area contributed by atoms with Gasteiger partial charge in [-0.1, -0.05) is 48.1 Å². The highest BCUT2D eigenvalue weighted by Gasteiger charge is 2.38. The topological polar surface area (TPSA) is 38.8 Å². The van der Waals surface area contributed by atoms with Crippen molar-refractivity contribution in [2.24, 2.45) is 0 Å². The van der Waals surface area contributed by atoms with Gasteiger partial charge in [-0.15, -0.1) is 0 Å². The normalized spacial score (nSPS) is 24.2. The van der Waals surface area contributed by atoms with Gasteiger partial charge in [-0.25, -0.2) is 4.79 Å². The Kier molecular flexibility index (Phi) is 4.82. The summed E-state index contributed by atoms with van der Waals surface area (Å²) in [7, 11) is 0. The molecular formula is C19H23NO3. The lowest BCUT2D eigenvalue weighted by Gasteiger charge is -2.44. The molecule has 0 radical (unpaired) electrons. The maximum atomic E-state index is 12.5. The molecule has 1 aromatic carbocycles. The van der Waals surface area contributed by atoms with E-state index in [9.17, 15) is 4.79 Å². The first-order chi connectivity index (χ1) is 11.2. The number of benzene rings is 1. The molecular weight excluding hydrogens is 290 g/mol. The minimum Gasteiger partial charge on any atom is -0.445 e. The van der Waals surface area contributed by atoms with Crippen LogP contribution in [0.5, 0.6) is 0 Å². The fourth-order valence-corrected chi connectivity index (χ4v) is 3.15. The van der Waals surface area contributed by atoms with Crippen LogP contribution in [0, 0.1) is 0 Å². The number of fused-ring (bicyclic) bond motifs is 2. The number of nitrogens with zero attached hydrogens (tertiary/aromatic N) is 1. The summed E-state index contributed by atoms with van der Waals surface area (Å²) in [5.41, 5.74) is 3.59.